The highest BCUT2D eigenvalue weighted by Gasteiger charge is 2.20. The molecule has 0 radical (unpaired) electrons. The third-order valence-corrected chi connectivity index (χ3v) is 9.05. The second kappa shape index (κ2) is 10.7. The smallest absolute Gasteiger partial charge is 0.0664 e. The van der Waals surface area contributed by atoms with E-state index in [-0.39, 0.29) is 0 Å². The van der Waals surface area contributed by atoms with Crippen LogP contribution in [0.2, 0.25) is 0 Å². The van der Waals surface area contributed by atoms with Crippen molar-refractivity contribution < 1.29 is 0 Å². The summed E-state index contributed by atoms with van der Waals surface area (Å²) in [5, 5.41) is 4.08. The summed E-state index contributed by atoms with van der Waals surface area (Å²) in [6.45, 7) is 0. The Morgan fingerprint density at radius 2 is 1.18 bits per heavy atom. The van der Waals surface area contributed by atoms with E-state index < -0.39 is 7.92 Å². The molecule has 4 aromatic rings. The fraction of sp³-hybridized carbons (Fsp3) is 0.194. The van der Waals surface area contributed by atoms with Crippen molar-refractivity contribution >= 4 is 35.7 Å². The highest BCUT2D eigenvalue weighted by Crippen LogP contribution is 2.38. The lowest BCUT2D eigenvalue weighted by Crippen LogP contribution is -2.23. The minimum atomic E-state index is -0.658. The molecule has 1 aliphatic carbocycles. The Labute approximate surface area is 199 Å². The van der Waals surface area contributed by atoms with Gasteiger partial charge in [-0.05, 0) is 54.2 Å². The second-order valence-corrected chi connectivity index (χ2v) is 10.9. The van der Waals surface area contributed by atoms with Gasteiger partial charge in [-0.15, -0.1) is 0 Å². The Morgan fingerprint density at radius 1 is 0.606 bits per heavy atom. The van der Waals surface area contributed by atoms with Gasteiger partial charge in [0.2, 0.25) is 0 Å². The van der Waals surface area contributed by atoms with Gasteiger partial charge in [0.05, 0.1) is 5.69 Å². The first-order chi connectivity index (χ1) is 16.4. The normalized spacial score (nSPS) is 14.7. The van der Waals surface area contributed by atoms with Crippen LogP contribution in [0.15, 0.2) is 114 Å². The van der Waals surface area contributed by atoms with Crippen LogP contribution in [0.4, 0.5) is 5.69 Å². The predicted octanol–water partition coefficient (Wildman–Crippen LogP) is 7.24. The molecule has 5 rings (SSSR count). The van der Waals surface area contributed by atoms with Crippen molar-refractivity contribution in [3.05, 3.63) is 120 Å². The van der Waals surface area contributed by atoms with Crippen molar-refractivity contribution in [3.8, 4) is 0 Å². The number of aliphatic imine (C=N–C) groups is 1. The lowest BCUT2D eigenvalue weighted by atomic mass is 9.83. The van der Waals surface area contributed by atoms with Crippen LogP contribution in [-0.4, -0.2) is 6.21 Å². The molecule has 0 heterocycles. The first-order valence-electron chi connectivity index (χ1n) is 12.0. The zero-order chi connectivity index (χ0) is 22.3. The Kier molecular flexibility index (Phi) is 7.09. The summed E-state index contributed by atoms with van der Waals surface area (Å²) in [5.41, 5.74) is 3.75. The summed E-state index contributed by atoms with van der Waals surface area (Å²) in [5.74, 6) is 0.646. The van der Waals surface area contributed by atoms with Crippen LogP contribution in [0.1, 0.15) is 49.1 Å². The van der Waals surface area contributed by atoms with Crippen LogP contribution >= 0.6 is 7.92 Å². The summed E-state index contributed by atoms with van der Waals surface area (Å²) in [6, 6.07) is 39.3. The summed E-state index contributed by atoms with van der Waals surface area (Å²) in [6.07, 6.45) is 8.72. The van der Waals surface area contributed by atoms with E-state index in [1.54, 1.807) is 0 Å². The van der Waals surface area contributed by atoms with Gasteiger partial charge >= 0.3 is 0 Å². The third kappa shape index (κ3) is 5.15. The molecule has 0 unspecified atom stereocenters. The molecule has 0 aromatic heterocycles. The molecule has 0 aliphatic heterocycles. The summed E-state index contributed by atoms with van der Waals surface area (Å²) in [7, 11) is -0.658. The van der Waals surface area contributed by atoms with Crippen molar-refractivity contribution in [1.29, 1.82) is 0 Å². The number of para-hydroxylation sites is 1. The maximum Gasteiger partial charge on any atom is 0.0664 e. The average Bonchev–Trinajstić information content (AvgIpc) is 2.90. The van der Waals surface area contributed by atoms with Crippen LogP contribution in [-0.2, 0) is 0 Å². The van der Waals surface area contributed by atoms with Crippen molar-refractivity contribution in [2.24, 2.45) is 4.99 Å². The number of benzene rings is 4. The van der Waals surface area contributed by atoms with Crippen molar-refractivity contribution in [2.45, 2.75) is 38.0 Å². The molecule has 4 aromatic carbocycles. The lowest BCUT2D eigenvalue weighted by molar-refractivity contribution is 0.444. The number of rotatable bonds is 6. The Morgan fingerprint density at radius 3 is 1.88 bits per heavy atom. The topological polar surface area (TPSA) is 12.4 Å². The van der Waals surface area contributed by atoms with E-state index in [9.17, 15) is 0 Å². The average molecular weight is 448 g/mol. The molecule has 0 atom stereocenters. The van der Waals surface area contributed by atoms with Crippen molar-refractivity contribution in [3.63, 3.8) is 0 Å². The van der Waals surface area contributed by atoms with Gasteiger partial charge in [-0.25, -0.2) is 0 Å². The minimum Gasteiger partial charge on any atom is -0.256 e. The van der Waals surface area contributed by atoms with Gasteiger partial charge in [-0.1, -0.05) is 122 Å². The minimum absolute atomic E-state index is 0.646. The fourth-order valence-corrected chi connectivity index (χ4v) is 7.31. The summed E-state index contributed by atoms with van der Waals surface area (Å²) >= 11 is 0. The standard InChI is InChI=1S/C31H30NP/c1-4-14-25(15-5-1)29-21-11-12-22-30(29)32-24-26-16-10-13-23-31(26)33(27-17-6-2-7-18-27)28-19-8-3-9-20-28/h2-3,6-13,16-25H,1,4-5,14-15H2. The summed E-state index contributed by atoms with van der Waals surface area (Å²) in [4.78, 5) is 5.07. The van der Waals surface area contributed by atoms with Gasteiger partial charge in [0, 0.05) is 11.8 Å². The molecular weight excluding hydrogens is 417 g/mol. The van der Waals surface area contributed by atoms with Crippen LogP contribution in [0.25, 0.3) is 0 Å². The largest absolute Gasteiger partial charge is 0.256 e. The molecule has 1 saturated carbocycles. The maximum atomic E-state index is 5.07. The molecule has 0 N–H and O–H groups in total. The van der Waals surface area contributed by atoms with Crippen molar-refractivity contribution in [1.82, 2.24) is 0 Å². The van der Waals surface area contributed by atoms with Crippen LogP contribution in [0.3, 0.4) is 0 Å². The number of nitrogens with zero attached hydrogens (tertiary/aromatic N) is 1. The highest BCUT2D eigenvalue weighted by molar-refractivity contribution is 7.80. The van der Waals surface area contributed by atoms with E-state index >= 15 is 0 Å². The molecule has 0 saturated heterocycles. The quantitative estimate of drug-likeness (QED) is 0.218. The van der Waals surface area contributed by atoms with E-state index in [0.717, 1.165) is 5.69 Å². The highest BCUT2D eigenvalue weighted by atomic mass is 31.1. The van der Waals surface area contributed by atoms with E-state index in [2.05, 4.69) is 115 Å². The zero-order valence-electron chi connectivity index (χ0n) is 19.0. The molecule has 33 heavy (non-hydrogen) atoms. The molecule has 0 bridgehead atoms. The maximum absolute atomic E-state index is 5.07. The lowest BCUT2D eigenvalue weighted by Gasteiger charge is -2.23. The molecule has 0 amide bonds. The number of hydrogen-bond donors (Lipinski definition) is 0. The molecule has 2 heteroatoms. The van der Waals surface area contributed by atoms with E-state index in [1.807, 2.05) is 0 Å². The first-order valence-corrected chi connectivity index (χ1v) is 13.4. The SMILES string of the molecule is C(=Nc1ccccc1C1CCCCC1)c1ccccc1P(c1ccccc1)c1ccccc1. The zero-order valence-corrected chi connectivity index (χ0v) is 19.9. The molecule has 0 spiro atoms. The van der Waals surface area contributed by atoms with E-state index in [4.69, 9.17) is 4.99 Å². The van der Waals surface area contributed by atoms with E-state index in [1.165, 1.54) is 59.1 Å². The number of hydrogen-bond acceptors (Lipinski definition) is 1. The van der Waals surface area contributed by atoms with Crippen LogP contribution in [0, 0.1) is 0 Å². The molecule has 1 fully saturated rings. The second-order valence-electron chi connectivity index (χ2n) is 8.72. The Balaban J connectivity index is 1.54. The van der Waals surface area contributed by atoms with Gasteiger partial charge in [-0.3, -0.25) is 4.99 Å². The first kappa shape index (κ1) is 21.8. The third-order valence-electron chi connectivity index (χ3n) is 6.53. The van der Waals surface area contributed by atoms with Gasteiger partial charge in [0.25, 0.3) is 0 Å². The summed E-state index contributed by atoms with van der Waals surface area (Å²) < 4.78 is 0. The predicted molar refractivity (Wildman–Crippen MR) is 145 cm³/mol. The Bertz CT molecular complexity index is 1150. The Hall–Kier alpha value is -3.02. The molecule has 1 nitrogen and oxygen atoms in total. The van der Waals surface area contributed by atoms with Crippen molar-refractivity contribution in [2.75, 3.05) is 0 Å². The van der Waals surface area contributed by atoms with Gasteiger partial charge in [-0.2, -0.15) is 0 Å². The van der Waals surface area contributed by atoms with E-state index in [0.29, 0.717) is 5.92 Å². The molecule has 164 valence electrons. The van der Waals surface area contributed by atoms with Gasteiger partial charge in [0.1, 0.15) is 0 Å². The van der Waals surface area contributed by atoms with Gasteiger partial charge in [0.15, 0.2) is 0 Å². The van der Waals surface area contributed by atoms with Crippen LogP contribution in [0.5, 0.6) is 0 Å². The molecule has 1 aliphatic rings. The molecular formula is C31H30NP. The van der Waals surface area contributed by atoms with Gasteiger partial charge < -0.3 is 0 Å². The monoisotopic (exact) mass is 447 g/mol. The van der Waals surface area contributed by atoms with Crippen LogP contribution < -0.4 is 15.9 Å². The fourth-order valence-electron chi connectivity index (χ4n) is 4.88.